The molecular formula is C25H30N4O2. The molecule has 6 heteroatoms. The largest absolute Gasteiger partial charge is 0.334 e. The van der Waals surface area contributed by atoms with E-state index in [1.165, 1.54) is 5.56 Å². The molecule has 0 spiro atoms. The van der Waals surface area contributed by atoms with Crippen LogP contribution in [-0.4, -0.2) is 55.7 Å². The van der Waals surface area contributed by atoms with Crippen LogP contribution >= 0.6 is 0 Å². The molecule has 5 rings (SSSR count). The first-order valence-corrected chi connectivity index (χ1v) is 11.4. The van der Waals surface area contributed by atoms with Gasteiger partial charge in [0.15, 0.2) is 0 Å². The zero-order valence-corrected chi connectivity index (χ0v) is 18.5. The van der Waals surface area contributed by atoms with Crippen LogP contribution in [0.1, 0.15) is 61.4 Å². The van der Waals surface area contributed by atoms with E-state index in [1.54, 1.807) is 19.2 Å². The minimum atomic E-state index is -0.0699. The molecule has 1 aromatic carbocycles. The SMILES string of the molecule is CC(=O)N1[C@H]2CCC[C@H]3N(C(=O)c4ccnc(C)n4)[C@H](Cc4ccccc4)[C@@H]1C[C@@]23C. The smallest absolute Gasteiger partial charge is 0.273 e. The van der Waals surface area contributed by atoms with Crippen molar-refractivity contribution in [2.75, 3.05) is 0 Å². The number of carbonyl (C=O) groups is 2. The number of rotatable bonds is 3. The van der Waals surface area contributed by atoms with Crippen molar-refractivity contribution < 1.29 is 9.59 Å². The summed E-state index contributed by atoms with van der Waals surface area (Å²) in [5.41, 5.74) is 1.57. The number of aryl methyl sites for hydroxylation is 1. The van der Waals surface area contributed by atoms with Crippen molar-refractivity contribution in [3.05, 3.63) is 59.7 Å². The number of carbonyl (C=O) groups excluding carboxylic acids is 2. The van der Waals surface area contributed by atoms with Crippen LogP contribution in [-0.2, 0) is 11.2 Å². The molecular weight excluding hydrogens is 388 g/mol. The first kappa shape index (κ1) is 20.2. The lowest BCUT2D eigenvalue weighted by atomic mass is 9.64. The summed E-state index contributed by atoms with van der Waals surface area (Å²) < 4.78 is 0. The number of likely N-dealkylation sites (tertiary alicyclic amines) is 2. The lowest BCUT2D eigenvalue weighted by Crippen LogP contribution is -2.62. The normalized spacial score (nSPS) is 31.6. The molecule has 162 valence electrons. The van der Waals surface area contributed by atoms with Crippen molar-refractivity contribution in [1.82, 2.24) is 19.8 Å². The van der Waals surface area contributed by atoms with Gasteiger partial charge < -0.3 is 9.80 Å². The third-order valence-electron chi connectivity index (χ3n) is 7.84. The summed E-state index contributed by atoms with van der Waals surface area (Å²) in [6.45, 7) is 5.79. The fourth-order valence-electron chi connectivity index (χ4n) is 6.63. The highest BCUT2D eigenvalue weighted by Crippen LogP contribution is 2.56. The van der Waals surface area contributed by atoms with Gasteiger partial charge in [-0.1, -0.05) is 37.3 Å². The fourth-order valence-corrected chi connectivity index (χ4v) is 6.63. The number of amides is 2. The molecule has 5 atom stereocenters. The lowest BCUT2D eigenvalue weighted by molar-refractivity contribution is -0.133. The monoisotopic (exact) mass is 418 g/mol. The van der Waals surface area contributed by atoms with Gasteiger partial charge in [-0.25, -0.2) is 9.97 Å². The Morgan fingerprint density at radius 1 is 1.10 bits per heavy atom. The molecule has 1 saturated carbocycles. The molecule has 3 heterocycles. The Bertz CT molecular complexity index is 1010. The van der Waals surface area contributed by atoms with E-state index in [1.807, 2.05) is 25.1 Å². The predicted octanol–water partition coefficient (Wildman–Crippen LogP) is 3.40. The second kappa shape index (κ2) is 7.43. The number of aromatic nitrogens is 2. The molecule has 3 aliphatic rings. The molecule has 0 unspecified atom stereocenters. The van der Waals surface area contributed by atoms with Crippen LogP contribution in [0.2, 0.25) is 0 Å². The molecule has 0 N–H and O–H groups in total. The zero-order valence-electron chi connectivity index (χ0n) is 18.5. The third-order valence-corrected chi connectivity index (χ3v) is 7.84. The summed E-state index contributed by atoms with van der Waals surface area (Å²) >= 11 is 0. The highest BCUT2D eigenvalue weighted by Gasteiger charge is 2.64. The topological polar surface area (TPSA) is 66.4 Å². The quantitative estimate of drug-likeness (QED) is 0.766. The van der Waals surface area contributed by atoms with Crippen molar-refractivity contribution >= 4 is 11.8 Å². The average Bonchev–Trinajstić information content (AvgIpc) is 3.07. The van der Waals surface area contributed by atoms with E-state index in [0.717, 1.165) is 32.1 Å². The van der Waals surface area contributed by atoms with Gasteiger partial charge in [0.1, 0.15) is 11.5 Å². The highest BCUT2D eigenvalue weighted by atomic mass is 16.2. The Hall–Kier alpha value is -2.76. The van der Waals surface area contributed by atoms with Crippen molar-refractivity contribution in [2.24, 2.45) is 5.41 Å². The van der Waals surface area contributed by atoms with E-state index in [2.05, 4.69) is 38.8 Å². The molecule has 2 aromatic rings. The van der Waals surface area contributed by atoms with E-state index in [4.69, 9.17) is 0 Å². The van der Waals surface area contributed by atoms with Crippen molar-refractivity contribution in [1.29, 1.82) is 0 Å². The third kappa shape index (κ3) is 3.15. The van der Waals surface area contributed by atoms with Gasteiger partial charge in [-0.2, -0.15) is 0 Å². The summed E-state index contributed by atoms with van der Waals surface area (Å²) in [4.78, 5) is 39.6. The maximum Gasteiger partial charge on any atom is 0.273 e. The Balaban J connectivity index is 1.62. The van der Waals surface area contributed by atoms with E-state index < -0.39 is 0 Å². The zero-order chi connectivity index (χ0) is 21.8. The van der Waals surface area contributed by atoms with Gasteiger partial charge in [0.2, 0.25) is 5.91 Å². The van der Waals surface area contributed by atoms with E-state index >= 15 is 0 Å². The Morgan fingerprint density at radius 3 is 2.48 bits per heavy atom. The van der Waals surface area contributed by atoms with Gasteiger partial charge in [0, 0.05) is 30.6 Å². The van der Waals surface area contributed by atoms with E-state index in [0.29, 0.717) is 11.5 Å². The van der Waals surface area contributed by atoms with E-state index in [9.17, 15) is 9.59 Å². The number of hydrogen-bond donors (Lipinski definition) is 0. The molecule has 2 saturated heterocycles. The van der Waals surface area contributed by atoms with Crippen molar-refractivity contribution in [3.63, 3.8) is 0 Å². The first-order chi connectivity index (χ1) is 14.9. The lowest BCUT2D eigenvalue weighted by Gasteiger charge is -2.52. The number of nitrogens with zero attached hydrogens (tertiary/aromatic N) is 4. The number of fused-ring (bicyclic) bond motifs is 1. The van der Waals surface area contributed by atoms with Crippen LogP contribution in [0.3, 0.4) is 0 Å². The maximum atomic E-state index is 13.9. The van der Waals surface area contributed by atoms with Crippen LogP contribution in [0.4, 0.5) is 0 Å². The molecule has 2 aliphatic heterocycles. The number of hydrogen-bond acceptors (Lipinski definition) is 4. The van der Waals surface area contributed by atoms with E-state index in [-0.39, 0.29) is 41.4 Å². The summed E-state index contributed by atoms with van der Waals surface area (Å²) in [6, 6.07) is 12.3. The van der Waals surface area contributed by atoms with Crippen LogP contribution in [0, 0.1) is 12.3 Å². The van der Waals surface area contributed by atoms with Gasteiger partial charge in [-0.15, -0.1) is 0 Å². The summed E-state index contributed by atoms with van der Waals surface area (Å²) in [5.74, 6) is 0.701. The molecule has 1 aromatic heterocycles. The predicted molar refractivity (Wildman–Crippen MR) is 117 cm³/mol. The second-order valence-corrected chi connectivity index (χ2v) is 9.62. The van der Waals surface area contributed by atoms with Gasteiger partial charge in [0.05, 0.1) is 12.1 Å². The number of benzene rings is 1. The van der Waals surface area contributed by atoms with Crippen molar-refractivity contribution in [2.45, 2.75) is 77.0 Å². The Morgan fingerprint density at radius 2 is 1.81 bits per heavy atom. The van der Waals surface area contributed by atoms with Crippen LogP contribution < -0.4 is 0 Å². The van der Waals surface area contributed by atoms with Gasteiger partial charge in [-0.3, -0.25) is 9.59 Å². The van der Waals surface area contributed by atoms with Crippen LogP contribution in [0.25, 0.3) is 0 Å². The first-order valence-electron chi connectivity index (χ1n) is 11.4. The van der Waals surface area contributed by atoms with Gasteiger partial charge in [-0.05, 0) is 50.7 Å². The summed E-state index contributed by atoms with van der Waals surface area (Å²) in [5, 5.41) is 0. The second-order valence-electron chi connectivity index (χ2n) is 9.62. The molecule has 2 bridgehead atoms. The Labute approximate surface area is 183 Å². The highest BCUT2D eigenvalue weighted by molar-refractivity contribution is 5.93. The fraction of sp³-hybridized carbons (Fsp3) is 0.520. The molecule has 3 fully saturated rings. The Kier molecular flexibility index (Phi) is 4.83. The molecule has 2 amide bonds. The maximum absolute atomic E-state index is 13.9. The van der Waals surface area contributed by atoms with Gasteiger partial charge >= 0.3 is 0 Å². The minimum Gasteiger partial charge on any atom is -0.334 e. The van der Waals surface area contributed by atoms with Gasteiger partial charge in [0.25, 0.3) is 5.91 Å². The molecule has 0 radical (unpaired) electrons. The standard InChI is InChI=1S/C25H30N4O2/c1-16-26-13-12-19(27-16)24(31)29-20(14-18-8-5-4-6-9-18)21-15-25(3)22(28(21)17(2)30)10-7-11-23(25)29/h4-6,8-9,12-13,20-23H,7,10-11,14-15H2,1-3H3/t20-,21+,22+,23-,25+/m1/s1. The number of piperidine rings is 1. The van der Waals surface area contributed by atoms with Crippen LogP contribution in [0.5, 0.6) is 0 Å². The minimum absolute atomic E-state index is 0.0293. The molecule has 31 heavy (non-hydrogen) atoms. The van der Waals surface area contributed by atoms with Crippen LogP contribution in [0.15, 0.2) is 42.6 Å². The van der Waals surface area contributed by atoms with Crippen molar-refractivity contribution in [3.8, 4) is 0 Å². The molecule has 1 aliphatic carbocycles. The summed E-state index contributed by atoms with van der Waals surface area (Å²) in [6.07, 6.45) is 6.40. The summed E-state index contributed by atoms with van der Waals surface area (Å²) in [7, 11) is 0. The molecule has 6 nitrogen and oxygen atoms in total. The average molecular weight is 419 g/mol.